The van der Waals surface area contributed by atoms with Gasteiger partial charge < -0.3 is 14.2 Å². The summed E-state index contributed by atoms with van der Waals surface area (Å²) in [7, 11) is 0. The number of rotatable bonds is 3. The molecule has 0 aliphatic carbocycles. The minimum Gasteiger partial charge on any atom is -0.465 e. The quantitative estimate of drug-likeness (QED) is 0.683. The summed E-state index contributed by atoms with van der Waals surface area (Å²) in [6.45, 7) is 6.19. The molecule has 3 nitrogen and oxygen atoms in total. The second kappa shape index (κ2) is 6.08. The van der Waals surface area contributed by atoms with E-state index in [4.69, 9.17) is 4.42 Å². The fourth-order valence-corrected chi connectivity index (χ4v) is 3.39. The van der Waals surface area contributed by atoms with Gasteiger partial charge in [0.15, 0.2) is 6.17 Å². The molecule has 1 aromatic heterocycles. The molecule has 1 aliphatic rings. The molecule has 1 saturated heterocycles. The lowest BCUT2D eigenvalue weighted by Crippen LogP contribution is -2.30. The van der Waals surface area contributed by atoms with E-state index in [1.54, 1.807) is 6.26 Å². The normalized spacial score (nSPS) is 15.2. The zero-order valence-electron chi connectivity index (χ0n) is 14.1. The van der Waals surface area contributed by atoms with Crippen molar-refractivity contribution >= 4 is 11.4 Å². The fourth-order valence-electron chi connectivity index (χ4n) is 3.39. The largest absolute Gasteiger partial charge is 0.465 e. The number of hydrogen-bond donors (Lipinski definition) is 0. The van der Waals surface area contributed by atoms with Crippen molar-refractivity contribution in [2.24, 2.45) is 0 Å². The van der Waals surface area contributed by atoms with Gasteiger partial charge in [-0.25, -0.2) is 0 Å². The van der Waals surface area contributed by atoms with Crippen LogP contribution in [0.25, 0.3) is 0 Å². The van der Waals surface area contributed by atoms with Crippen molar-refractivity contribution in [2.45, 2.75) is 20.0 Å². The summed E-state index contributed by atoms with van der Waals surface area (Å²) in [6.07, 6.45) is 1.85. The molecule has 122 valence electrons. The smallest absolute Gasteiger partial charge is 0.162 e. The van der Waals surface area contributed by atoms with Gasteiger partial charge >= 0.3 is 0 Å². The Morgan fingerprint density at radius 3 is 1.67 bits per heavy atom. The summed E-state index contributed by atoms with van der Waals surface area (Å²) >= 11 is 0. The SMILES string of the molecule is Cc1ccc(N2CCN(c3ccc(C)cc3)C2c2ccco2)cc1. The van der Waals surface area contributed by atoms with Gasteiger partial charge in [-0.1, -0.05) is 35.4 Å². The summed E-state index contributed by atoms with van der Waals surface area (Å²) in [6, 6.07) is 21.5. The van der Waals surface area contributed by atoms with E-state index in [1.165, 1.54) is 22.5 Å². The molecular formula is C21H22N2O. The lowest BCUT2D eigenvalue weighted by molar-refractivity contribution is 0.466. The molecule has 2 aromatic carbocycles. The number of furan rings is 1. The second-order valence-electron chi connectivity index (χ2n) is 6.45. The van der Waals surface area contributed by atoms with E-state index in [-0.39, 0.29) is 6.17 Å². The van der Waals surface area contributed by atoms with Crippen molar-refractivity contribution in [1.29, 1.82) is 0 Å². The molecule has 24 heavy (non-hydrogen) atoms. The minimum absolute atomic E-state index is 0.0883. The van der Waals surface area contributed by atoms with Gasteiger partial charge in [-0.3, -0.25) is 0 Å². The van der Waals surface area contributed by atoms with Crippen molar-refractivity contribution < 1.29 is 4.42 Å². The second-order valence-corrected chi connectivity index (χ2v) is 6.45. The van der Waals surface area contributed by atoms with Crippen molar-refractivity contribution in [3.05, 3.63) is 83.8 Å². The maximum absolute atomic E-state index is 5.79. The third kappa shape index (κ3) is 2.67. The summed E-state index contributed by atoms with van der Waals surface area (Å²) in [5.41, 5.74) is 5.03. The average molecular weight is 318 g/mol. The Hall–Kier alpha value is -2.68. The van der Waals surface area contributed by atoms with Crippen LogP contribution in [0.1, 0.15) is 23.1 Å². The lowest BCUT2D eigenvalue weighted by Gasteiger charge is -2.31. The Labute approximate surface area is 143 Å². The first kappa shape index (κ1) is 14.9. The third-order valence-corrected chi connectivity index (χ3v) is 4.70. The molecule has 0 bridgehead atoms. The number of benzene rings is 2. The molecule has 0 saturated carbocycles. The Kier molecular flexibility index (Phi) is 3.77. The monoisotopic (exact) mass is 318 g/mol. The summed E-state index contributed by atoms with van der Waals surface area (Å²) in [5, 5.41) is 0. The Bertz CT molecular complexity index is 737. The molecule has 3 heteroatoms. The number of anilines is 2. The molecule has 3 aromatic rings. The zero-order valence-corrected chi connectivity index (χ0v) is 14.1. The molecule has 0 unspecified atom stereocenters. The lowest BCUT2D eigenvalue weighted by atomic mass is 10.2. The predicted octanol–water partition coefficient (Wildman–Crippen LogP) is 4.92. The average Bonchev–Trinajstić information content (AvgIpc) is 3.25. The van der Waals surface area contributed by atoms with E-state index in [0.29, 0.717) is 0 Å². The first-order valence-corrected chi connectivity index (χ1v) is 8.42. The molecule has 1 aliphatic heterocycles. The van der Waals surface area contributed by atoms with Crippen LogP contribution in [-0.4, -0.2) is 13.1 Å². The van der Waals surface area contributed by atoms with Crippen LogP contribution < -0.4 is 9.80 Å². The highest BCUT2D eigenvalue weighted by atomic mass is 16.3. The molecule has 0 amide bonds. The number of aryl methyl sites for hydroxylation is 2. The summed E-state index contributed by atoms with van der Waals surface area (Å²) in [4.78, 5) is 4.83. The van der Waals surface area contributed by atoms with Gasteiger partial charge in [0.1, 0.15) is 5.76 Å². The molecule has 4 rings (SSSR count). The Morgan fingerprint density at radius 2 is 1.25 bits per heavy atom. The van der Waals surface area contributed by atoms with E-state index in [0.717, 1.165) is 18.8 Å². The van der Waals surface area contributed by atoms with E-state index >= 15 is 0 Å². The molecular weight excluding hydrogens is 296 g/mol. The van der Waals surface area contributed by atoms with E-state index < -0.39 is 0 Å². The van der Waals surface area contributed by atoms with E-state index in [1.807, 2.05) is 6.07 Å². The standard InChI is InChI=1S/C21H22N2O/c1-16-5-9-18(10-6-16)22-13-14-23(19-11-7-17(2)8-12-19)21(22)20-4-3-15-24-20/h3-12,15,21H,13-14H2,1-2H3. The van der Waals surface area contributed by atoms with Crippen LogP contribution in [0.2, 0.25) is 0 Å². The Balaban J connectivity index is 1.73. The van der Waals surface area contributed by atoms with Crippen LogP contribution in [0, 0.1) is 13.8 Å². The number of nitrogens with zero attached hydrogens (tertiary/aromatic N) is 2. The fraction of sp³-hybridized carbons (Fsp3) is 0.238. The van der Waals surface area contributed by atoms with Gasteiger partial charge in [0.05, 0.1) is 6.26 Å². The zero-order chi connectivity index (χ0) is 16.5. The molecule has 0 radical (unpaired) electrons. The first-order chi connectivity index (χ1) is 11.7. The minimum atomic E-state index is 0.0883. The van der Waals surface area contributed by atoms with Gasteiger partial charge in [0.2, 0.25) is 0 Å². The highest BCUT2D eigenvalue weighted by Crippen LogP contribution is 2.37. The molecule has 2 heterocycles. The van der Waals surface area contributed by atoms with Gasteiger partial charge in [0.25, 0.3) is 0 Å². The predicted molar refractivity (Wildman–Crippen MR) is 98.5 cm³/mol. The van der Waals surface area contributed by atoms with Crippen molar-refractivity contribution in [3.8, 4) is 0 Å². The van der Waals surface area contributed by atoms with Crippen molar-refractivity contribution in [1.82, 2.24) is 0 Å². The maximum atomic E-state index is 5.79. The van der Waals surface area contributed by atoms with Gasteiger partial charge in [-0.15, -0.1) is 0 Å². The maximum Gasteiger partial charge on any atom is 0.162 e. The van der Waals surface area contributed by atoms with Gasteiger partial charge in [0, 0.05) is 24.5 Å². The Morgan fingerprint density at radius 1 is 0.750 bits per heavy atom. The van der Waals surface area contributed by atoms with Crippen LogP contribution in [0.3, 0.4) is 0 Å². The van der Waals surface area contributed by atoms with E-state index in [9.17, 15) is 0 Å². The molecule has 0 N–H and O–H groups in total. The molecule has 1 fully saturated rings. The highest BCUT2D eigenvalue weighted by molar-refractivity contribution is 5.58. The third-order valence-electron chi connectivity index (χ3n) is 4.70. The highest BCUT2D eigenvalue weighted by Gasteiger charge is 2.35. The van der Waals surface area contributed by atoms with Crippen LogP contribution in [-0.2, 0) is 0 Å². The van der Waals surface area contributed by atoms with Crippen molar-refractivity contribution in [3.63, 3.8) is 0 Å². The van der Waals surface area contributed by atoms with Crippen LogP contribution in [0.4, 0.5) is 11.4 Å². The molecule has 0 spiro atoms. The topological polar surface area (TPSA) is 19.6 Å². The summed E-state index contributed by atoms with van der Waals surface area (Å²) < 4.78 is 5.79. The molecule has 0 atom stereocenters. The van der Waals surface area contributed by atoms with Crippen LogP contribution in [0.15, 0.2) is 71.3 Å². The first-order valence-electron chi connectivity index (χ1n) is 8.42. The van der Waals surface area contributed by atoms with Crippen LogP contribution >= 0.6 is 0 Å². The van der Waals surface area contributed by atoms with Gasteiger partial charge in [-0.2, -0.15) is 0 Å². The number of hydrogen-bond acceptors (Lipinski definition) is 3. The van der Waals surface area contributed by atoms with Crippen molar-refractivity contribution in [2.75, 3.05) is 22.9 Å². The van der Waals surface area contributed by atoms with Gasteiger partial charge in [-0.05, 0) is 50.2 Å². The van der Waals surface area contributed by atoms with E-state index in [2.05, 4.69) is 78.2 Å². The van der Waals surface area contributed by atoms with Crippen LogP contribution in [0.5, 0.6) is 0 Å². The summed E-state index contributed by atoms with van der Waals surface area (Å²) in [5.74, 6) is 0.980.